The number of nitrogens with one attached hydrogen (secondary N) is 1. The van der Waals surface area contributed by atoms with Crippen LogP contribution in [0.3, 0.4) is 0 Å². The molecule has 1 aromatic rings. The third-order valence-corrected chi connectivity index (χ3v) is 3.58. The predicted octanol–water partition coefficient (Wildman–Crippen LogP) is 3.31. The summed E-state index contributed by atoms with van der Waals surface area (Å²) in [5.41, 5.74) is 2.66. The number of aliphatic hydroxyl groups excluding tert-OH is 1. The molecule has 1 aliphatic carbocycles. The van der Waals surface area contributed by atoms with E-state index in [4.69, 9.17) is 0 Å². The van der Waals surface area contributed by atoms with Gasteiger partial charge in [0.1, 0.15) is 0 Å². The molecule has 1 saturated carbocycles. The van der Waals surface area contributed by atoms with E-state index in [0.717, 1.165) is 24.9 Å². The molecule has 2 N–H and O–H groups in total. The van der Waals surface area contributed by atoms with Gasteiger partial charge in [0.15, 0.2) is 0 Å². The van der Waals surface area contributed by atoms with Crippen LogP contribution in [0.15, 0.2) is 24.3 Å². The summed E-state index contributed by atoms with van der Waals surface area (Å²) in [7, 11) is 0. The molecule has 1 aliphatic rings. The van der Waals surface area contributed by atoms with E-state index in [0.29, 0.717) is 0 Å². The lowest BCUT2D eigenvalue weighted by Crippen LogP contribution is -2.27. The highest BCUT2D eigenvalue weighted by molar-refractivity contribution is 5.47. The van der Waals surface area contributed by atoms with Crippen molar-refractivity contribution in [2.75, 3.05) is 5.32 Å². The molecule has 0 spiro atoms. The van der Waals surface area contributed by atoms with Gasteiger partial charge < -0.3 is 10.4 Å². The molecule has 2 atom stereocenters. The van der Waals surface area contributed by atoms with Gasteiger partial charge in [-0.15, -0.1) is 0 Å². The third-order valence-electron chi connectivity index (χ3n) is 3.58. The highest BCUT2D eigenvalue weighted by Crippen LogP contribution is 2.26. The van der Waals surface area contributed by atoms with E-state index < -0.39 is 0 Å². The van der Waals surface area contributed by atoms with Crippen molar-refractivity contribution < 1.29 is 5.11 Å². The molecule has 94 valence electrons. The molecule has 1 aromatic carbocycles. The van der Waals surface area contributed by atoms with Gasteiger partial charge in [0, 0.05) is 5.69 Å². The Morgan fingerprint density at radius 1 is 1.12 bits per heavy atom. The summed E-state index contributed by atoms with van der Waals surface area (Å²) in [5, 5.41) is 13.2. The van der Waals surface area contributed by atoms with Crippen LogP contribution in [0.25, 0.3) is 0 Å². The first-order valence-electron chi connectivity index (χ1n) is 6.52. The molecule has 0 aromatic heterocycles. The lowest BCUT2D eigenvalue weighted by molar-refractivity contribution is 0.172. The van der Waals surface area contributed by atoms with Crippen LogP contribution in [0, 0.1) is 0 Å². The zero-order valence-electron chi connectivity index (χ0n) is 11.0. The number of hydrogen-bond donors (Lipinski definition) is 2. The van der Waals surface area contributed by atoms with Crippen LogP contribution >= 0.6 is 0 Å². The van der Waals surface area contributed by atoms with E-state index in [9.17, 15) is 5.11 Å². The number of benzene rings is 1. The van der Waals surface area contributed by atoms with E-state index in [2.05, 4.69) is 50.4 Å². The molecule has 17 heavy (non-hydrogen) atoms. The van der Waals surface area contributed by atoms with Crippen LogP contribution in [0.1, 0.15) is 45.6 Å². The van der Waals surface area contributed by atoms with E-state index >= 15 is 0 Å². The smallest absolute Gasteiger partial charge is 0.0741 e. The van der Waals surface area contributed by atoms with Gasteiger partial charge in [0.25, 0.3) is 0 Å². The molecule has 0 heterocycles. The van der Waals surface area contributed by atoms with Gasteiger partial charge in [-0.25, -0.2) is 0 Å². The van der Waals surface area contributed by atoms with Crippen LogP contribution in [0.5, 0.6) is 0 Å². The highest BCUT2D eigenvalue weighted by Gasteiger charge is 2.24. The molecule has 1 fully saturated rings. The molecular weight excluding hydrogens is 210 g/mol. The molecule has 2 unspecified atom stereocenters. The normalized spacial score (nSPS) is 24.9. The minimum absolute atomic E-state index is 0.183. The maximum absolute atomic E-state index is 9.77. The van der Waals surface area contributed by atoms with Crippen LogP contribution < -0.4 is 5.32 Å². The zero-order valence-corrected chi connectivity index (χ0v) is 11.0. The SMILES string of the molecule is CC(C)(C)c1ccc(NC2CCCC2O)cc1. The van der Waals surface area contributed by atoms with E-state index in [1.165, 1.54) is 5.56 Å². The first-order valence-corrected chi connectivity index (χ1v) is 6.52. The highest BCUT2D eigenvalue weighted by atomic mass is 16.3. The van der Waals surface area contributed by atoms with Gasteiger partial charge in [0.2, 0.25) is 0 Å². The van der Waals surface area contributed by atoms with Crippen LogP contribution in [0.4, 0.5) is 5.69 Å². The lowest BCUT2D eigenvalue weighted by atomic mass is 9.87. The molecular formula is C15H23NO. The Labute approximate surface area is 104 Å². The van der Waals surface area contributed by atoms with Gasteiger partial charge in [0.05, 0.1) is 12.1 Å². The van der Waals surface area contributed by atoms with Crippen LogP contribution in [-0.4, -0.2) is 17.3 Å². The molecule has 2 heteroatoms. The fraction of sp³-hybridized carbons (Fsp3) is 0.600. The maximum atomic E-state index is 9.77. The van der Waals surface area contributed by atoms with E-state index in [1.807, 2.05) is 0 Å². The van der Waals surface area contributed by atoms with Crippen molar-refractivity contribution in [1.29, 1.82) is 0 Å². The van der Waals surface area contributed by atoms with Crippen LogP contribution in [0.2, 0.25) is 0 Å². The Hall–Kier alpha value is -1.02. The minimum atomic E-state index is -0.183. The standard InChI is InChI=1S/C15H23NO/c1-15(2,3)11-7-9-12(10-8-11)16-13-5-4-6-14(13)17/h7-10,13-14,16-17H,4-6H2,1-3H3. The summed E-state index contributed by atoms with van der Waals surface area (Å²) < 4.78 is 0. The maximum Gasteiger partial charge on any atom is 0.0741 e. The quantitative estimate of drug-likeness (QED) is 0.821. The molecule has 0 bridgehead atoms. The summed E-state index contributed by atoms with van der Waals surface area (Å²) in [6.07, 6.45) is 2.94. The summed E-state index contributed by atoms with van der Waals surface area (Å²) in [6.45, 7) is 6.66. The van der Waals surface area contributed by atoms with Crippen molar-refractivity contribution in [3.05, 3.63) is 29.8 Å². The van der Waals surface area contributed by atoms with Gasteiger partial charge in [-0.05, 0) is 42.4 Å². The van der Waals surface area contributed by atoms with Gasteiger partial charge >= 0.3 is 0 Å². The second-order valence-electron chi connectivity index (χ2n) is 6.08. The molecule has 0 radical (unpaired) electrons. The number of rotatable bonds is 2. The average Bonchev–Trinajstić information content (AvgIpc) is 2.64. The summed E-state index contributed by atoms with van der Waals surface area (Å²) >= 11 is 0. The first-order chi connectivity index (χ1) is 7.97. The van der Waals surface area contributed by atoms with Crippen molar-refractivity contribution in [2.45, 2.75) is 57.6 Å². The largest absolute Gasteiger partial charge is 0.391 e. The Morgan fingerprint density at radius 2 is 1.76 bits per heavy atom. The van der Waals surface area contributed by atoms with Crippen molar-refractivity contribution in [3.63, 3.8) is 0 Å². The lowest BCUT2D eigenvalue weighted by Gasteiger charge is -2.21. The number of hydrogen-bond acceptors (Lipinski definition) is 2. The van der Waals surface area contributed by atoms with Crippen LogP contribution in [-0.2, 0) is 5.41 Å². The Bertz CT molecular complexity index is 364. The molecule has 0 aliphatic heterocycles. The molecule has 2 rings (SSSR count). The van der Waals surface area contributed by atoms with Crippen molar-refractivity contribution in [1.82, 2.24) is 0 Å². The Morgan fingerprint density at radius 3 is 2.24 bits per heavy atom. The summed E-state index contributed by atoms with van der Waals surface area (Å²) in [5.74, 6) is 0. The summed E-state index contributed by atoms with van der Waals surface area (Å²) in [6, 6.07) is 8.81. The van der Waals surface area contributed by atoms with Crippen molar-refractivity contribution in [3.8, 4) is 0 Å². The molecule has 0 amide bonds. The third kappa shape index (κ3) is 3.01. The molecule has 2 nitrogen and oxygen atoms in total. The van der Waals surface area contributed by atoms with Crippen molar-refractivity contribution in [2.24, 2.45) is 0 Å². The Balaban J connectivity index is 2.03. The predicted molar refractivity (Wildman–Crippen MR) is 72.4 cm³/mol. The first kappa shape index (κ1) is 12.4. The van der Waals surface area contributed by atoms with Gasteiger partial charge in [-0.2, -0.15) is 0 Å². The monoisotopic (exact) mass is 233 g/mol. The van der Waals surface area contributed by atoms with Crippen molar-refractivity contribution >= 4 is 5.69 Å². The number of anilines is 1. The number of aliphatic hydroxyl groups is 1. The minimum Gasteiger partial charge on any atom is -0.391 e. The molecule has 0 saturated heterocycles. The fourth-order valence-electron chi connectivity index (χ4n) is 2.39. The van der Waals surface area contributed by atoms with Gasteiger partial charge in [-0.1, -0.05) is 32.9 Å². The second kappa shape index (κ2) is 4.69. The fourth-order valence-corrected chi connectivity index (χ4v) is 2.39. The topological polar surface area (TPSA) is 32.3 Å². The van der Waals surface area contributed by atoms with E-state index in [-0.39, 0.29) is 17.6 Å². The Kier molecular flexibility index (Phi) is 3.43. The van der Waals surface area contributed by atoms with E-state index in [1.54, 1.807) is 0 Å². The average molecular weight is 233 g/mol. The second-order valence-corrected chi connectivity index (χ2v) is 6.08. The summed E-state index contributed by atoms with van der Waals surface area (Å²) in [4.78, 5) is 0. The van der Waals surface area contributed by atoms with Gasteiger partial charge in [-0.3, -0.25) is 0 Å². The zero-order chi connectivity index (χ0) is 12.5.